The van der Waals surface area contributed by atoms with Crippen LogP contribution in [0.15, 0.2) is 220 Å². The molecule has 0 bridgehead atoms. The number of hydrogen-bond acceptors (Lipinski definition) is 20. The Morgan fingerprint density at radius 3 is 1.21 bits per heavy atom. The molecule has 0 N–H and O–H groups in total. The highest BCUT2D eigenvalue weighted by Crippen LogP contribution is 2.42. The zero-order valence-corrected chi connectivity index (χ0v) is 86.1. The van der Waals surface area contributed by atoms with Crippen LogP contribution >= 0.6 is 0 Å². The van der Waals surface area contributed by atoms with Gasteiger partial charge < -0.3 is 75.8 Å². The Labute approximate surface area is 827 Å². The molecule has 10 heterocycles. The van der Waals surface area contributed by atoms with Crippen LogP contribution in [0.4, 0.5) is 28.4 Å². The fraction of sp³-hybridized carbons (Fsp3) is 0.475. The van der Waals surface area contributed by atoms with Gasteiger partial charge >= 0.3 is 0 Å². The van der Waals surface area contributed by atoms with E-state index in [2.05, 4.69) is 331 Å². The summed E-state index contributed by atoms with van der Waals surface area (Å²) in [4.78, 5) is 24.6. The second kappa shape index (κ2) is 53.9. The summed E-state index contributed by atoms with van der Waals surface area (Å²) in [5.41, 5.74) is 18.6. The van der Waals surface area contributed by atoms with Crippen molar-refractivity contribution in [2.24, 2.45) is 0 Å². The summed E-state index contributed by atoms with van der Waals surface area (Å²) in [6.07, 6.45) is 6.37. The van der Waals surface area contributed by atoms with Crippen LogP contribution in [0.5, 0.6) is 40.2 Å². The molecular formula is C118H163N9O11. The minimum Gasteiger partial charge on any atom is -0.490 e. The fourth-order valence-corrected chi connectivity index (χ4v) is 16.3. The first-order valence-electron chi connectivity index (χ1n) is 49.9. The van der Waals surface area contributed by atoms with Gasteiger partial charge in [0.05, 0.1) is 79.2 Å². The average Bonchev–Trinajstić information content (AvgIpc) is 1.65. The lowest BCUT2D eigenvalue weighted by Crippen LogP contribution is -2.40. The van der Waals surface area contributed by atoms with Crippen molar-refractivity contribution in [1.82, 2.24) is 20.1 Å². The number of aryl methyl sites for hydroxylation is 1. The van der Waals surface area contributed by atoms with E-state index in [4.69, 9.17) is 51.3 Å². The minimum atomic E-state index is 0. The Morgan fingerprint density at radius 2 is 0.761 bits per heavy atom. The number of fused-ring (bicyclic) bond motifs is 6. The highest BCUT2D eigenvalue weighted by molar-refractivity contribution is 5.67. The van der Waals surface area contributed by atoms with Crippen LogP contribution in [0, 0.1) is 6.92 Å². The van der Waals surface area contributed by atoms with E-state index in [0.717, 1.165) is 166 Å². The molecule has 1 fully saturated rings. The number of ether oxygens (including phenoxy) is 8. The van der Waals surface area contributed by atoms with Gasteiger partial charge in [0, 0.05) is 73.8 Å². The summed E-state index contributed by atoms with van der Waals surface area (Å²) < 4.78 is 61.8. The number of aromatic nitrogens is 4. The number of benzene rings is 9. The zero-order chi connectivity index (χ0) is 97.6. The van der Waals surface area contributed by atoms with Crippen molar-refractivity contribution in [1.29, 1.82) is 0 Å². The summed E-state index contributed by atoms with van der Waals surface area (Å²) in [5, 5.41) is 3.92. The maximum atomic E-state index is 5.83. The highest BCUT2D eigenvalue weighted by Gasteiger charge is 2.28. The molecule has 138 heavy (non-hydrogen) atoms. The molecule has 2 unspecified atom stereocenters. The van der Waals surface area contributed by atoms with Crippen LogP contribution in [-0.2, 0) is 4.74 Å². The lowest BCUT2D eigenvalue weighted by atomic mass is 10.0. The molecule has 3 aromatic heterocycles. The quantitative estimate of drug-likeness (QED) is 0.0838. The van der Waals surface area contributed by atoms with Crippen molar-refractivity contribution in [3.05, 3.63) is 263 Å². The van der Waals surface area contributed by atoms with Crippen LogP contribution in [0.1, 0.15) is 297 Å². The number of oxazole rings is 2. The largest absolute Gasteiger partial charge is 0.490 e. The second-order valence-electron chi connectivity index (χ2n) is 38.8. The van der Waals surface area contributed by atoms with Crippen molar-refractivity contribution in [2.45, 2.75) is 265 Å². The number of hydrogen-bond donors (Lipinski definition) is 0. The van der Waals surface area contributed by atoms with Crippen molar-refractivity contribution in [3.63, 3.8) is 0 Å². The number of likely N-dealkylation sites (N-methyl/N-ethyl adjacent to an activating group) is 3. The van der Waals surface area contributed by atoms with Gasteiger partial charge in [0.1, 0.15) is 75.0 Å². The first kappa shape index (κ1) is 110. The smallest absolute Gasteiger partial charge is 0.229 e. The topological polar surface area (TPSA) is 181 Å². The van der Waals surface area contributed by atoms with Crippen LogP contribution in [0.25, 0.3) is 34.0 Å². The molecule has 2 atom stereocenters. The number of rotatable bonds is 17. The summed E-state index contributed by atoms with van der Waals surface area (Å²) >= 11 is 0. The SMILES string of the molecule is C.C.CC(C)c1ccc2c(c1)OCCN2C.CC(C)c1ccc2c(c1)OCCN2C(C)C.CC(C)c1ccc2c(c1)OCCN2CC1CCCO1.CC(C)c1ccc2c(c1)OCCO2.CC(C)c1nc(-c2ccccc2)no1.CC(C)c1ncc(-c2ccccc2)o1.CCN1CCOc2cc(C(C)C)ccc21.CCN1c2ccc(C(C)C)cc2OCC1C.Cc1ccc(-c2cnc(C(C)C)o2)cc1. The summed E-state index contributed by atoms with van der Waals surface area (Å²) in [7, 11) is 2.11. The van der Waals surface area contributed by atoms with E-state index in [9.17, 15) is 0 Å². The first-order valence-corrected chi connectivity index (χ1v) is 49.9. The van der Waals surface area contributed by atoms with E-state index >= 15 is 0 Å². The van der Waals surface area contributed by atoms with E-state index in [0.29, 0.717) is 90.5 Å². The van der Waals surface area contributed by atoms with Gasteiger partial charge in [-0.2, -0.15) is 4.98 Å². The third-order valence-corrected chi connectivity index (χ3v) is 24.9. The zero-order valence-electron chi connectivity index (χ0n) is 86.1. The average molecular weight is 1880 g/mol. The van der Waals surface area contributed by atoms with Crippen molar-refractivity contribution >= 4 is 28.4 Å². The predicted octanol–water partition coefficient (Wildman–Crippen LogP) is 29.6. The Kier molecular flexibility index (Phi) is 42.8. The minimum absolute atomic E-state index is 0. The first-order chi connectivity index (χ1) is 65.3. The number of nitrogens with zero attached hydrogens (tertiary/aromatic N) is 9. The molecule has 19 rings (SSSR count). The third-order valence-electron chi connectivity index (χ3n) is 24.9. The van der Waals surface area contributed by atoms with Gasteiger partial charge in [-0.3, -0.25) is 0 Å². The Morgan fingerprint density at radius 1 is 0.362 bits per heavy atom. The van der Waals surface area contributed by atoms with Crippen molar-refractivity contribution < 1.29 is 51.3 Å². The van der Waals surface area contributed by atoms with Crippen LogP contribution in [0.3, 0.4) is 0 Å². The summed E-state index contributed by atoms with van der Waals surface area (Å²) in [6, 6.07) is 68.2. The fourth-order valence-electron chi connectivity index (χ4n) is 16.3. The van der Waals surface area contributed by atoms with E-state index in [1.807, 2.05) is 80.6 Å². The monoisotopic (exact) mass is 1880 g/mol. The highest BCUT2D eigenvalue weighted by atomic mass is 16.6. The molecule has 20 nitrogen and oxygen atoms in total. The standard InChI is InChI=1S/C16H23NO2.2C14H21NO.C13H15NO.C13H19NO.C12H17NO.C12H13NO.C11H12N2O.C11H14O2.2CH4/c1-12(2)13-5-6-15-16(10-13)19-9-7-17(15)11-14-4-3-8-18-14;1-10(2)12-5-6-13-14(9-12)16-8-7-15(13)11(3)4;1-5-15-11(4)9-16-14-8-12(10(2)3)6-7-13(14)15;1-9(2)13-14-8-12(15-13)11-6-4-10(3)5-7-11;1-4-14-7-8-15-13-9-11(10(2)3)5-6-12(13)14;1-9(2)10-4-5-11-12(8-10)14-7-6-13(11)3;1-9(2)12-13-8-11(14-12)10-6-4-3-5-7-10;1-8(2)11-12-10(13-14-11)9-6-4-3-5-7-9;1-8(2)9-3-4-10-11(7-9)13-6-5-12-10;;/h5-6,10,12,14H,3-4,7-9,11H2,1-2H3;5-6,9-11H,7-8H2,1-4H3;6-8,10-11H,5,9H2,1-4H3;4-9H,1-3H3;5-6,9-10H,4,7-8H2,1-3H3;4-5,8-9H,6-7H2,1-3H3;3-9H,1-2H3;3-8H,1-2H3;3-4,7-8H,5-6H2,1-2H3;2*1H4. The molecular weight excluding hydrogens is 1720 g/mol. The van der Waals surface area contributed by atoms with Gasteiger partial charge in [-0.05, 0) is 196 Å². The van der Waals surface area contributed by atoms with E-state index in [1.54, 1.807) is 12.4 Å². The molecule has 0 saturated carbocycles. The predicted molar refractivity (Wildman–Crippen MR) is 573 cm³/mol. The van der Waals surface area contributed by atoms with E-state index in [-0.39, 0.29) is 20.8 Å². The lowest BCUT2D eigenvalue weighted by Gasteiger charge is -2.36. The van der Waals surface area contributed by atoms with E-state index in [1.165, 1.54) is 80.2 Å². The molecule has 7 aliphatic rings. The summed E-state index contributed by atoms with van der Waals surface area (Å²) in [6.45, 7) is 65.2. The van der Waals surface area contributed by atoms with Crippen LogP contribution < -0.4 is 57.7 Å². The van der Waals surface area contributed by atoms with Crippen molar-refractivity contribution in [2.75, 3.05) is 130 Å². The molecule has 7 aliphatic heterocycles. The molecule has 1 saturated heterocycles. The number of anilines is 5. The van der Waals surface area contributed by atoms with Gasteiger partial charge in [-0.1, -0.05) is 272 Å². The third kappa shape index (κ3) is 31.1. The van der Waals surface area contributed by atoms with Gasteiger partial charge in [-0.15, -0.1) is 0 Å². The molecule has 20 heteroatoms. The summed E-state index contributed by atoms with van der Waals surface area (Å²) in [5.74, 6) is 15.9. The second-order valence-corrected chi connectivity index (χ2v) is 38.8. The Hall–Kier alpha value is -11.9. The van der Waals surface area contributed by atoms with Crippen LogP contribution in [0.2, 0.25) is 0 Å². The normalized spacial score (nSPS) is 15.1. The molecule has 0 spiro atoms. The molecule has 746 valence electrons. The Bertz CT molecular complexity index is 5450. The maximum absolute atomic E-state index is 5.83. The van der Waals surface area contributed by atoms with Crippen molar-refractivity contribution in [3.8, 4) is 74.3 Å². The molecule has 9 aromatic carbocycles. The van der Waals surface area contributed by atoms with Gasteiger partial charge in [-0.25, -0.2) is 9.97 Å². The van der Waals surface area contributed by atoms with Gasteiger partial charge in [0.2, 0.25) is 11.7 Å². The van der Waals surface area contributed by atoms with Gasteiger partial charge in [0.15, 0.2) is 34.8 Å². The maximum Gasteiger partial charge on any atom is 0.229 e. The molecule has 0 radical (unpaired) electrons. The Balaban J connectivity index is 0.000000174. The molecule has 12 aromatic rings. The van der Waals surface area contributed by atoms with Gasteiger partial charge in [0.25, 0.3) is 0 Å². The van der Waals surface area contributed by atoms with E-state index < -0.39 is 0 Å². The lowest BCUT2D eigenvalue weighted by molar-refractivity contribution is 0.114. The van der Waals surface area contributed by atoms with Crippen LogP contribution in [-0.4, -0.2) is 144 Å². The molecule has 0 amide bonds. The molecule has 0 aliphatic carbocycles.